The molecule has 0 spiro atoms. The Labute approximate surface area is 158 Å². The van der Waals surface area contributed by atoms with Crippen molar-refractivity contribution in [3.63, 3.8) is 0 Å². The van der Waals surface area contributed by atoms with Gasteiger partial charge < -0.3 is 10.6 Å². The van der Waals surface area contributed by atoms with Crippen molar-refractivity contribution in [1.29, 1.82) is 5.26 Å². The summed E-state index contributed by atoms with van der Waals surface area (Å²) in [4.78, 5) is 12.1. The van der Waals surface area contributed by atoms with Crippen LogP contribution in [0.3, 0.4) is 0 Å². The van der Waals surface area contributed by atoms with Gasteiger partial charge in [0.15, 0.2) is 0 Å². The number of nitrogens with zero attached hydrogens (tertiary/aromatic N) is 1. The Balaban J connectivity index is 2.20. The van der Waals surface area contributed by atoms with Crippen LogP contribution in [-0.2, 0) is 14.9 Å². The lowest BCUT2D eigenvalue weighted by Gasteiger charge is -2.13. The first-order chi connectivity index (χ1) is 12.7. The molecule has 0 aliphatic rings. The average Bonchev–Trinajstić information content (AvgIpc) is 2.62. The van der Waals surface area contributed by atoms with E-state index in [-0.39, 0.29) is 16.4 Å². The molecule has 0 aliphatic carbocycles. The topological polar surface area (TPSA) is 119 Å². The quantitative estimate of drug-likeness (QED) is 0.398. The number of anilines is 2. The molecule has 8 heteroatoms. The van der Waals surface area contributed by atoms with Gasteiger partial charge in [-0.3, -0.25) is 9.35 Å². The maximum absolute atomic E-state index is 12.4. The minimum atomic E-state index is -4.34. The normalized spacial score (nSPS) is 11.7. The number of benzene rings is 2. The minimum Gasteiger partial charge on any atom is -0.360 e. The molecule has 0 heterocycles. The molecule has 140 valence electrons. The van der Waals surface area contributed by atoms with Gasteiger partial charge in [-0.2, -0.15) is 13.7 Å². The smallest absolute Gasteiger partial charge is 0.294 e. The Hall–Kier alpha value is -3.15. The standard InChI is InChI=1S/C19H19N3O4S/c1-13(2)17-8-3-4-9-18(17)22-19(23)14(11-20)12-21-15-6-5-7-16(10-15)27(24,25)26/h3-10,12-13,21H,1-2H3,(H,22,23)(H,24,25,26)/b14-12-. The Bertz CT molecular complexity index is 1020. The van der Waals surface area contributed by atoms with Crippen molar-refractivity contribution in [3.8, 4) is 6.07 Å². The van der Waals surface area contributed by atoms with Crippen molar-refractivity contribution in [3.05, 3.63) is 65.9 Å². The van der Waals surface area contributed by atoms with E-state index >= 15 is 0 Å². The summed E-state index contributed by atoms with van der Waals surface area (Å²) in [6, 6.07) is 14.5. The van der Waals surface area contributed by atoms with E-state index in [9.17, 15) is 18.5 Å². The third-order valence-corrected chi connectivity index (χ3v) is 4.56. The predicted octanol–water partition coefficient (Wildman–Crippen LogP) is 3.51. The fraction of sp³-hybridized carbons (Fsp3) is 0.158. The zero-order chi connectivity index (χ0) is 20.0. The van der Waals surface area contributed by atoms with E-state index in [0.29, 0.717) is 11.4 Å². The second-order valence-electron chi connectivity index (χ2n) is 6.01. The molecule has 7 nitrogen and oxygen atoms in total. The summed E-state index contributed by atoms with van der Waals surface area (Å²) in [7, 11) is -4.34. The maximum atomic E-state index is 12.4. The molecule has 0 radical (unpaired) electrons. The highest BCUT2D eigenvalue weighted by Gasteiger charge is 2.13. The molecule has 1 amide bonds. The maximum Gasteiger partial charge on any atom is 0.294 e. The van der Waals surface area contributed by atoms with Gasteiger partial charge in [0.1, 0.15) is 11.6 Å². The van der Waals surface area contributed by atoms with Crippen LogP contribution < -0.4 is 10.6 Å². The minimum absolute atomic E-state index is 0.189. The van der Waals surface area contributed by atoms with Gasteiger partial charge in [-0.15, -0.1) is 0 Å². The van der Waals surface area contributed by atoms with Gasteiger partial charge in [0, 0.05) is 17.6 Å². The lowest BCUT2D eigenvalue weighted by atomic mass is 10.0. The number of rotatable bonds is 6. The molecule has 0 aliphatic heterocycles. The Morgan fingerprint density at radius 1 is 1.19 bits per heavy atom. The fourth-order valence-electron chi connectivity index (χ4n) is 2.35. The molecule has 0 unspecified atom stereocenters. The summed E-state index contributed by atoms with van der Waals surface area (Å²) in [5.41, 5.74) is 1.67. The van der Waals surface area contributed by atoms with E-state index in [1.807, 2.05) is 26.0 Å². The molecule has 2 rings (SSSR count). The van der Waals surface area contributed by atoms with Crippen LogP contribution in [0.4, 0.5) is 11.4 Å². The van der Waals surface area contributed by atoms with Crippen molar-refractivity contribution in [2.45, 2.75) is 24.7 Å². The van der Waals surface area contributed by atoms with Gasteiger partial charge in [0.2, 0.25) is 0 Å². The average molecular weight is 385 g/mol. The summed E-state index contributed by atoms with van der Waals surface area (Å²) in [6.45, 7) is 3.99. The Morgan fingerprint density at radius 2 is 1.89 bits per heavy atom. The summed E-state index contributed by atoms with van der Waals surface area (Å²) in [6.07, 6.45) is 1.18. The van der Waals surface area contributed by atoms with Crippen molar-refractivity contribution in [1.82, 2.24) is 0 Å². The zero-order valence-corrected chi connectivity index (χ0v) is 15.6. The lowest BCUT2D eigenvalue weighted by Crippen LogP contribution is -2.16. The van der Waals surface area contributed by atoms with Gasteiger partial charge in [-0.05, 0) is 35.7 Å². The molecule has 27 heavy (non-hydrogen) atoms. The van der Waals surface area contributed by atoms with E-state index in [1.54, 1.807) is 18.2 Å². The number of amides is 1. The van der Waals surface area contributed by atoms with Crippen LogP contribution in [0.15, 0.2) is 65.2 Å². The van der Waals surface area contributed by atoms with Crippen molar-refractivity contribution in [2.24, 2.45) is 0 Å². The first kappa shape index (κ1) is 20.2. The van der Waals surface area contributed by atoms with Crippen LogP contribution in [-0.4, -0.2) is 18.9 Å². The number of carbonyl (C=O) groups is 1. The molecule has 3 N–H and O–H groups in total. The number of hydrogen-bond acceptors (Lipinski definition) is 5. The highest BCUT2D eigenvalue weighted by atomic mass is 32.2. The molecule has 0 atom stereocenters. The lowest BCUT2D eigenvalue weighted by molar-refractivity contribution is -0.112. The van der Waals surface area contributed by atoms with E-state index < -0.39 is 16.0 Å². The van der Waals surface area contributed by atoms with E-state index in [1.165, 1.54) is 30.5 Å². The molecule has 2 aromatic rings. The fourth-order valence-corrected chi connectivity index (χ4v) is 2.88. The van der Waals surface area contributed by atoms with Gasteiger partial charge in [0.05, 0.1) is 4.90 Å². The van der Waals surface area contributed by atoms with Crippen molar-refractivity contribution >= 4 is 27.4 Å². The second kappa shape index (κ2) is 8.49. The zero-order valence-electron chi connectivity index (χ0n) is 14.8. The van der Waals surface area contributed by atoms with Crippen molar-refractivity contribution < 1.29 is 17.8 Å². The van der Waals surface area contributed by atoms with Gasteiger partial charge in [-0.1, -0.05) is 38.1 Å². The molecular weight excluding hydrogens is 366 g/mol. The largest absolute Gasteiger partial charge is 0.360 e. The highest BCUT2D eigenvalue weighted by Crippen LogP contribution is 2.24. The molecule has 0 fully saturated rings. The van der Waals surface area contributed by atoms with Crippen LogP contribution in [0.25, 0.3) is 0 Å². The monoisotopic (exact) mass is 385 g/mol. The van der Waals surface area contributed by atoms with Crippen LogP contribution >= 0.6 is 0 Å². The first-order valence-electron chi connectivity index (χ1n) is 8.07. The summed E-state index contributed by atoms with van der Waals surface area (Å²) in [5, 5.41) is 14.7. The van der Waals surface area contributed by atoms with Crippen LogP contribution in [0, 0.1) is 11.3 Å². The van der Waals surface area contributed by atoms with Crippen LogP contribution in [0.5, 0.6) is 0 Å². The molecule has 0 aromatic heterocycles. The van der Waals surface area contributed by atoms with Gasteiger partial charge in [0.25, 0.3) is 16.0 Å². The van der Waals surface area contributed by atoms with E-state index in [2.05, 4.69) is 10.6 Å². The first-order valence-corrected chi connectivity index (χ1v) is 9.51. The molecule has 2 aromatic carbocycles. The second-order valence-corrected chi connectivity index (χ2v) is 7.43. The predicted molar refractivity (Wildman–Crippen MR) is 103 cm³/mol. The number of nitriles is 1. The molecule has 0 saturated heterocycles. The number of para-hydroxylation sites is 1. The summed E-state index contributed by atoms with van der Waals surface area (Å²) >= 11 is 0. The number of carbonyl (C=O) groups excluding carboxylic acids is 1. The molecular formula is C19H19N3O4S. The van der Waals surface area contributed by atoms with E-state index in [4.69, 9.17) is 4.55 Å². The summed E-state index contributed by atoms with van der Waals surface area (Å²) in [5.74, 6) is -0.402. The van der Waals surface area contributed by atoms with Crippen molar-refractivity contribution in [2.75, 3.05) is 10.6 Å². The van der Waals surface area contributed by atoms with Gasteiger partial charge in [-0.25, -0.2) is 0 Å². The Kier molecular flexibility index (Phi) is 6.34. The number of nitrogens with one attached hydrogen (secondary N) is 2. The van der Waals surface area contributed by atoms with E-state index in [0.717, 1.165) is 5.56 Å². The summed E-state index contributed by atoms with van der Waals surface area (Å²) < 4.78 is 31.4. The third-order valence-electron chi connectivity index (χ3n) is 3.71. The Morgan fingerprint density at radius 3 is 2.52 bits per heavy atom. The SMILES string of the molecule is CC(C)c1ccccc1NC(=O)/C(C#N)=C\Nc1cccc(S(=O)(=O)O)c1. The van der Waals surface area contributed by atoms with Crippen LogP contribution in [0.1, 0.15) is 25.3 Å². The van der Waals surface area contributed by atoms with Gasteiger partial charge >= 0.3 is 0 Å². The number of hydrogen-bond donors (Lipinski definition) is 3. The highest BCUT2D eigenvalue weighted by molar-refractivity contribution is 7.85. The molecule has 0 saturated carbocycles. The third kappa shape index (κ3) is 5.41. The molecule has 0 bridgehead atoms. The van der Waals surface area contributed by atoms with Crippen LogP contribution in [0.2, 0.25) is 0 Å².